The van der Waals surface area contributed by atoms with Gasteiger partial charge in [-0.15, -0.1) is 0 Å². The maximum Gasteiger partial charge on any atom is 0.279 e. The van der Waals surface area contributed by atoms with Gasteiger partial charge in [0.25, 0.3) is 6.43 Å². The van der Waals surface area contributed by atoms with Crippen molar-refractivity contribution in [3.8, 4) is 0 Å². The molecule has 0 spiro atoms. The minimum Gasteiger partial charge on any atom is -0.395 e. The number of β-amino-alcohol motifs (C(OH)–C–C–N with tert-alkyl or cyclic N) is 1. The summed E-state index contributed by atoms with van der Waals surface area (Å²) in [5.41, 5.74) is 5.95. The van der Waals surface area contributed by atoms with Gasteiger partial charge in [-0.05, 0) is 56.8 Å². The third-order valence-corrected chi connectivity index (χ3v) is 7.41. The normalized spacial score (nSPS) is 43.1. The Morgan fingerprint density at radius 3 is 2.79 bits per heavy atom. The van der Waals surface area contributed by atoms with Crippen LogP contribution in [0.3, 0.4) is 0 Å². The lowest BCUT2D eigenvalue weighted by molar-refractivity contribution is -0.126. The molecule has 10 heteroatoms. The smallest absolute Gasteiger partial charge is 0.279 e. The predicted molar refractivity (Wildman–Crippen MR) is 101 cm³/mol. The third kappa shape index (κ3) is 4.42. The van der Waals surface area contributed by atoms with Crippen LogP contribution >= 0.6 is 0 Å². The van der Waals surface area contributed by atoms with Crippen molar-refractivity contribution in [2.75, 3.05) is 19.7 Å². The summed E-state index contributed by atoms with van der Waals surface area (Å²) in [6.45, 7) is 3.19. The molecular weight excluding hydrogens is 384 g/mol. The third-order valence-electron chi connectivity index (χ3n) is 7.41. The molecule has 7 unspecified atom stereocenters. The van der Waals surface area contributed by atoms with Crippen LogP contribution in [0.5, 0.6) is 0 Å². The van der Waals surface area contributed by atoms with Crippen molar-refractivity contribution in [3.63, 3.8) is 0 Å². The molecule has 2 aliphatic heterocycles. The minimum absolute atomic E-state index is 0.0531. The molecule has 4 rings (SSSR count). The number of carbonyl (C=O) groups is 1. The Balaban J connectivity index is 1.27. The van der Waals surface area contributed by atoms with Crippen LogP contribution in [-0.2, 0) is 9.63 Å². The molecule has 4 fully saturated rings. The van der Waals surface area contributed by atoms with Crippen molar-refractivity contribution >= 4 is 5.91 Å². The molecule has 166 valence electrons. The van der Waals surface area contributed by atoms with Crippen molar-refractivity contribution in [2.24, 2.45) is 23.7 Å². The summed E-state index contributed by atoms with van der Waals surface area (Å²) in [7, 11) is 0. The average molecular weight is 418 g/mol. The molecule has 0 aromatic heterocycles. The monoisotopic (exact) mass is 417 g/mol. The van der Waals surface area contributed by atoms with E-state index in [1.165, 1.54) is 0 Å². The second-order valence-corrected chi connectivity index (χ2v) is 8.95. The Morgan fingerprint density at radius 2 is 2.07 bits per heavy atom. The zero-order valence-corrected chi connectivity index (χ0v) is 16.8. The van der Waals surface area contributed by atoms with E-state index in [9.17, 15) is 13.6 Å². The lowest BCUT2D eigenvalue weighted by Crippen LogP contribution is -2.48. The zero-order valence-electron chi connectivity index (χ0n) is 16.8. The Morgan fingerprint density at radius 1 is 1.28 bits per heavy atom. The average Bonchev–Trinajstić information content (AvgIpc) is 3.42. The van der Waals surface area contributed by atoms with Crippen molar-refractivity contribution in [2.45, 2.75) is 69.9 Å². The number of alkyl halides is 2. The molecule has 29 heavy (non-hydrogen) atoms. The molecule has 5 N–H and O–H groups in total. The Kier molecular flexibility index (Phi) is 6.67. The molecule has 0 aromatic rings. The SMILES string of the molecule is CC1C(C(=O)N[C@@H]2CCC3CC(C4NOC(C(F)F)N4)CCC32)CNN1CCO. The molecule has 2 saturated carbocycles. The molecule has 1 amide bonds. The Hall–Kier alpha value is -0.910. The van der Waals surface area contributed by atoms with E-state index in [-0.39, 0.29) is 42.6 Å². The number of hydrazine groups is 1. The highest BCUT2D eigenvalue weighted by molar-refractivity contribution is 5.80. The maximum atomic E-state index is 12.9. The van der Waals surface area contributed by atoms with E-state index in [0.29, 0.717) is 24.9 Å². The first-order chi connectivity index (χ1) is 14.0. The van der Waals surface area contributed by atoms with Gasteiger partial charge in [0.1, 0.15) is 0 Å². The second-order valence-electron chi connectivity index (χ2n) is 8.95. The van der Waals surface area contributed by atoms with E-state index in [1.807, 2.05) is 11.9 Å². The molecule has 8 nitrogen and oxygen atoms in total. The highest BCUT2D eigenvalue weighted by atomic mass is 19.3. The van der Waals surface area contributed by atoms with Crippen LogP contribution in [0.1, 0.15) is 39.0 Å². The number of aliphatic hydroxyl groups is 1. The fourth-order valence-electron chi connectivity index (χ4n) is 5.76. The van der Waals surface area contributed by atoms with Crippen LogP contribution in [0, 0.1) is 23.7 Å². The molecule has 4 aliphatic rings. The Bertz CT molecular complexity index is 586. The fraction of sp³-hybridized carbons (Fsp3) is 0.947. The fourth-order valence-corrected chi connectivity index (χ4v) is 5.76. The summed E-state index contributed by atoms with van der Waals surface area (Å²) in [4.78, 5) is 17.8. The highest BCUT2D eigenvalue weighted by Gasteiger charge is 2.45. The van der Waals surface area contributed by atoms with E-state index in [2.05, 4.69) is 21.5 Å². The molecule has 0 bridgehead atoms. The summed E-state index contributed by atoms with van der Waals surface area (Å²) in [5.74, 6) is 1.21. The number of amides is 1. The summed E-state index contributed by atoms with van der Waals surface area (Å²) in [6, 6.07) is 0.250. The van der Waals surface area contributed by atoms with Gasteiger partial charge in [-0.2, -0.15) is 5.48 Å². The van der Waals surface area contributed by atoms with Gasteiger partial charge >= 0.3 is 0 Å². The topological polar surface area (TPSA) is 97.9 Å². The first-order valence-corrected chi connectivity index (χ1v) is 10.8. The molecular formula is C19H33F2N5O3. The Labute approximate surface area is 170 Å². The number of halogens is 2. The quantitative estimate of drug-likeness (QED) is 0.420. The van der Waals surface area contributed by atoms with Gasteiger partial charge in [0, 0.05) is 25.2 Å². The van der Waals surface area contributed by atoms with Crippen LogP contribution < -0.4 is 21.5 Å². The van der Waals surface area contributed by atoms with E-state index < -0.39 is 12.7 Å². The van der Waals surface area contributed by atoms with Gasteiger partial charge in [-0.1, -0.05) is 0 Å². The number of nitrogens with zero attached hydrogens (tertiary/aromatic N) is 1. The van der Waals surface area contributed by atoms with Gasteiger partial charge in [-0.25, -0.2) is 13.8 Å². The first kappa shape index (κ1) is 21.3. The number of hydrogen-bond acceptors (Lipinski definition) is 7. The van der Waals surface area contributed by atoms with Crippen LogP contribution in [0.4, 0.5) is 8.78 Å². The number of aliphatic hydroxyl groups excluding tert-OH is 1. The second kappa shape index (κ2) is 9.07. The lowest BCUT2D eigenvalue weighted by Gasteiger charge is -2.37. The van der Waals surface area contributed by atoms with Crippen molar-refractivity contribution in [1.82, 2.24) is 26.5 Å². The van der Waals surface area contributed by atoms with Crippen molar-refractivity contribution < 1.29 is 23.5 Å². The van der Waals surface area contributed by atoms with Gasteiger partial charge in [-0.3, -0.25) is 20.4 Å². The van der Waals surface area contributed by atoms with Crippen LogP contribution in [0.15, 0.2) is 0 Å². The number of rotatable bonds is 6. The summed E-state index contributed by atoms with van der Waals surface area (Å²) < 4.78 is 25.6. The van der Waals surface area contributed by atoms with Gasteiger partial charge in [0.15, 0.2) is 6.23 Å². The zero-order chi connectivity index (χ0) is 20.5. The minimum atomic E-state index is -2.55. The maximum absolute atomic E-state index is 12.9. The largest absolute Gasteiger partial charge is 0.395 e. The van der Waals surface area contributed by atoms with Crippen LogP contribution in [0.2, 0.25) is 0 Å². The molecule has 2 saturated heterocycles. The first-order valence-electron chi connectivity index (χ1n) is 10.8. The van der Waals surface area contributed by atoms with Gasteiger partial charge < -0.3 is 10.4 Å². The van der Waals surface area contributed by atoms with Crippen molar-refractivity contribution in [1.29, 1.82) is 0 Å². The van der Waals surface area contributed by atoms with E-state index in [1.54, 1.807) is 0 Å². The van der Waals surface area contributed by atoms with E-state index >= 15 is 0 Å². The molecule has 2 aliphatic carbocycles. The highest BCUT2D eigenvalue weighted by Crippen LogP contribution is 2.45. The molecule has 0 radical (unpaired) electrons. The van der Waals surface area contributed by atoms with Gasteiger partial charge in [0.05, 0.1) is 18.7 Å². The van der Waals surface area contributed by atoms with E-state index in [4.69, 9.17) is 9.94 Å². The molecule has 8 atom stereocenters. The van der Waals surface area contributed by atoms with E-state index in [0.717, 1.165) is 32.1 Å². The number of hydrogen-bond donors (Lipinski definition) is 5. The summed E-state index contributed by atoms with van der Waals surface area (Å²) in [6.07, 6.45) is 0.921. The van der Waals surface area contributed by atoms with Crippen molar-refractivity contribution in [3.05, 3.63) is 0 Å². The lowest BCUT2D eigenvalue weighted by atomic mass is 9.73. The van der Waals surface area contributed by atoms with Crippen LogP contribution in [-0.4, -0.2) is 66.6 Å². The van der Waals surface area contributed by atoms with Gasteiger partial charge in [0.2, 0.25) is 5.91 Å². The summed E-state index contributed by atoms with van der Waals surface area (Å²) in [5, 5.41) is 17.2. The number of hydroxylamine groups is 1. The number of nitrogens with one attached hydrogen (secondary N) is 4. The molecule has 0 aromatic carbocycles. The molecule has 2 heterocycles. The summed E-state index contributed by atoms with van der Waals surface area (Å²) >= 11 is 0. The number of fused-ring (bicyclic) bond motifs is 1. The van der Waals surface area contributed by atoms with Crippen LogP contribution in [0.25, 0.3) is 0 Å². The standard InChI is InChI=1S/C19H33F2N5O3/c1-10-14(9-22-26(10)6-7-27)18(28)23-15-5-3-11-8-12(2-4-13(11)15)17-24-19(16(20)21)29-25-17/h10-17,19,22,24-25,27H,2-9H2,1H3,(H,23,28)/t10?,11?,12?,13?,14?,15-,17?,19?/m1/s1. The predicted octanol–water partition coefficient (Wildman–Crippen LogP) is 0.156. The number of carbonyl (C=O) groups excluding carboxylic acids is 1.